The van der Waals surface area contributed by atoms with Gasteiger partial charge in [0.1, 0.15) is 29.8 Å². The number of hydrogen-bond acceptors (Lipinski definition) is 7. The van der Waals surface area contributed by atoms with Crippen LogP contribution < -0.4 is 23.8 Å². The average molecular weight is 674 g/mol. The van der Waals surface area contributed by atoms with Crippen molar-refractivity contribution >= 4 is 27.5 Å². The van der Waals surface area contributed by atoms with E-state index in [0.717, 1.165) is 9.87 Å². The van der Waals surface area contributed by atoms with E-state index >= 15 is 0 Å². The molecule has 0 fully saturated rings. The maximum Gasteiger partial charge on any atom is 0.264 e. The van der Waals surface area contributed by atoms with Gasteiger partial charge in [0.2, 0.25) is 11.8 Å². The third kappa shape index (κ3) is 8.86. The number of carbonyl (C=O) groups excluding carboxylic acids is 2. The van der Waals surface area contributed by atoms with Crippen LogP contribution in [-0.4, -0.2) is 65.1 Å². The van der Waals surface area contributed by atoms with E-state index in [1.54, 1.807) is 55.6 Å². The number of carbonyl (C=O) groups is 2. The van der Waals surface area contributed by atoms with Crippen molar-refractivity contribution in [1.82, 2.24) is 10.2 Å². The van der Waals surface area contributed by atoms with E-state index in [1.807, 2.05) is 50.2 Å². The van der Waals surface area contributed by atoms with E-state index in [9.17, 15) is 18.0 Å². The molecule has 2 amide bonds. The molecule has 0 radical (unpaired) electrons. The second-order valence-corrected chi connectivity index (χ2v) is 13.1. The van der Waals surface area contributed by atoms with Crippen LogP contribution in [0, 0.1) is 0 Å². The molecule has 0 saturated heterocycles. The second kappa shape index (κ2) is 16.7. The van der Waals surface area contributed by atoms with Gasteiger partial charge in [-0.05, 0) is 60.9 Å². The highest BCUT2D eigenvalue weighted by atomic mass is 32.2. The zero-order valence-electron chi connectivity index (χ0n) is 28.0. The fourth-order valence-electron chi connectivity index (χ4n) is 5.19. The molecule has 2 atom stereocenters. The lowest BCUT2D eigenvalue weighted by Gasteiger charge is -2.34. The molecule has 1 N–H and O–H groups in total. The van der Waals surface area contributed by atoms with Crippen LogP contribution in [0.2, 0.25) is 0 Å². The summed E-state index contributed by atoms with van der Waals surface area (Å²) in [6.45, 7) is 3.24. The summed E-state index contributed by atoms with van der Waals surface area (Å²) in [6, 6.07) is 28.1. The quantitative estimate of drug-likeness (QED) is 0.168. The minimum atomic E-state index is -4.32. The predicted molar refractivity (Wildman–Crippen MR) is 186 cm³/mol. The molecule has 4 aromatic carbocycles. The maximum atomic E-state index is 14.7. The standard InChI is InChI=1S/C37H43N3O7S/c1-6-27(2)38-37(42)34(23-28-14-9-7-10-15-28)39(25-29-16-13-17-30(22-29)45-3)36(41)26-40(48(43,44)32-18-11-8-12-19-32)33-24-31(46-4)20-21-35(33)47-5/h7-22,24,27,34H,6,23,25-26H2,1-5H3,(H,38,42). The Morgan fingerprint density at radius 3 is 2.02 bits per heavy atom. The molecule has 0 aliphatic rings. The van der Waals surface area contributed by atoms with Gasteiger partial charge in [-0.1, -0.05) is 67.6 Å². The fourth-order valence-corrected chi connectivity index (χ4v) is 6.62. The molecule has 11 heteroatoms. The number of benzene rings is 4. The van der Waals surface area contributed by atoms with Crippen molar-refractivity contribution in [3.63, 3.8) is 0 Å². The molecule has 0 spiro atoms. The molecule has 0 saturated carbocycles. The van der Waals surface area contributed by atoms with E-state index < -0.39 is 28.5 Å². The third-order valence-corrected chi connectivity index (χ3v) is 9.80. The lowest BCUT2D eigenvalue weighted by atomic mass is 10.0. The number of nitrogens with zero attached hydrogens (tertiary/aromatic N) is 2. The van der Waals surface area contributed by atoms with Crippen molar-refractivity contribution in [1.29, 1.82) is 0 Å². The number of methoxy groups -OCH3 is 3. The monoisotopic (exact) mass is 673 g/mol. The first-order valence-electron chi connectivity index (χ1n) is 15.7. The largest absolute Gasteiger partial charge is 0.497 e. The summed E-state index contributed by atoms with van der Waals surface area (Å²) in [6.07, 6.45) is 0.888. The van der Waals surface area contributed by atoms with E-state index in [4.69, 9.17) is 14.2 Å². The normalized spacial score (nSPS) is 12.4. The third-order valence-electron chi connectivity index (χ3n) is 8.02. The van der Waals surface area contributed by atoms with Crippen LogP contribution in [0.1, 0.15) is 31.4 Å². The number of hydrogen-bond donors (Lipinski definition) is 1. The van der Waals surface area contributed by atoms with Crippen molar-refractivity contribution < 1.29 is 32.2 Å². The Bertz CT molecular complexity index is 1770. The van der Waals surface area contributed by atoms with Crippen LogP contribution in [0.25, 0.3) is 0 Å². The molecule has 0 aliphatic carbocycles. The lowest BCUT2D eigenvalue weighted by molar-refractivity contribution is -0.140. The van der Waals surface area contributed by atoms with Gasteiger partial charge in [-0.2, -0.15) is 0 Å². The molecule has 254 valence electrons. The topological polar surface area (TPSA) is 114 Å². The lowest BCUT2D eigenvalue weighted by Crippen LogP contribution is -2.54. The molecule has 10 nitrogen and oxygen atoms in total. The van der Waals surface area contributed by atoms with E-state index in [2.05, 4.69) is 5.32 Å². The van der Waals surface area contributed by atoms with Crippen LogP contribution >= 0.6 is 0 Å². The Labute approximate surface area is 283 Å². The van der Waals surface area contributed by atoms with Crippen LogP contribution in [0.15, 0.2) is 108 Å². The van der Waals surface area contributed by atoms with Gasteiger partial charge in [0, 0.05) is 25.1 Å². The molecular formula is C37H43N3O7S. The summed E-state index contributed by atoms with van der Waals surface area (Å²) in [4.78, 5) is 30.2. The van der Waals surface area contributed by atoms with Gasteiger partial charge in [-0.3, -0.25) is 13.9 Å². The first kappa shape index (κ1) is 35.8. The first-order valence-corrected chi connectivity index (χ1v) is 17.1. The average Bonchev–Trinajstić information content (AvgIpc) is 3.12. The SMILES string of the molecule is CCC(C)NC(=O)C(Cc1ccccc1)N(Cc1cccc(OC)c1)C(=O)CN(c1cc(OC)ccc1OC)S(=O)(=O)c1ccccc1. The van der Waals surface area contributed by atoms with Gasteiger partial charge in [0.15, 0.2) is 0 Å². The second-order valence-electron chi connectivity index (χ2n) is 11.3. The van der Waals surface area contributed by atoms with Crippen molar-refractivity contribution in [3.05, 3.63) is 114 Å². The summed E-state index contributed by atoms with van der Waals surface area (Å²) in [5.41, 5.74) is 1.65. The first-order chi connectivity index (χ1) is 23.1. The number of nitrogens with one attached hydrogen (secondary N) is 1. The number of anilines is 1. The van der Waals surface area contributed by atoms with E-state index in [1.165, 1.54) is 37.3 Å². The minimum absolute atomic E-state index is 0.00985. The molecule has 0 bridgehead atoms. The number of rotatable bonds is 16. The Morgan fingerprint density at radius 2 is 1.40 bits per heavy atom. The Hall–Kier alpha value is -5.03. The smallest absolute Gasteiger partial charge is 0.264 e. The number of ether oxygens (including phenoxy) is 3. The summed E-state index contributed by atoms with van der Waals surface area (Å²) < 4.78 is 46.1. The van der Waals surface area contributed by atoms with Crippen LogP contribution in [0.3, 0.4) is 0 Å². The Kier molecular flexibility index (Phi) is 12.5. The van der Waals surface area contributed by atoms with E-state index in [-0.39, 0.29) is 41.2 Å². The van der Waals surface area contributed by atoms with Gasteiger partial charge in [0.25, 0.3) is 10.0 Å². The van der Waals surface area contributed by atoms with Crippen molar-refractivity contribution in [2.75, 3.05) is 32.2 Å². The van der Waals surface area contributed by atoms with Crippen molar-refractivity contribution in [3.8, 4) is 17.2 Å². The van der Waals surface area contributed by atoms with E-state index in [0.29, 0.717) is 23.5 Å². The van der Waals surface area contributed by atoms with Gasteiger partial charge >= 0.3 is 0 Å². The molecule has 48 heavy (non-hydrogen) atoms. The maximum absolute atomic E-state index is 14.7. The van der Waals surface area contributed by atoms with Crippen LogP contribution in [0.5, 0.6) is 17.2 Å². The van der Waals surface area contributed by atoms with Crippen molar-refractivity contribution in [2.24, 2.45) is 0 Å². The molecular weight excluding hydrogens is 630 g/mol. The molecule has 0 aromatic heterocycles. The molecule has 2 unspecified atom stereocenters. The fraction of sp³-hybridized carbons (Fsp3) is 0.297. The summed E-state index contributed by atoms with van der Waals surface area (Å²) in [5.74, 6) is 0.230. The van der Waals surface area contributed by atoms with Gasteiger partial charge in [0.05, 0.1) is 31.9 Å². The van der Waals surface area contributed by atoms with Crippen molar-refractivity contribution in [2.45, 2.75) is 50.2 Å². The highest BCUT2D eigenvalue weighted by Crippen LogP contribution is 2.36. The summed E-state index contributed by atoms with van der Waals surface area (Å²) in [7, 11) is 0.114. The summed E-state index contributed by atoms with van der Waals surface area (Å²) in [5, 5.41) is 3.04. The van der Waals surface area contributed by atoms with Crippen LogP contribution in [-0.2, 0) is 32.6 Å². The molecule has 4 aromatic rings. The van der Waals surface area contributed by atoms with Gasteiger partial charge in [-0.25, -0.2) is 8.42 Å². The highest BCUT2D eigenvalue weighted by molar-refractivity contribution is 7.92. The minimum Gasteiger partial charge on any atom is -0.497 e. The number of amides is 2. The molecule has 0 heterocycles. The van der Waals surface area contributed by atoms with Crippen LogP contribution in [0.4, 0.5) is 5.69 Å². The van der Waals surface area contributed by atoms with Gasteiger partial charge < -0.3 is 24.4 Å². The predicted octanol–water partition coefficient (Wildman–Crippen LogP) is 5.46. The Morgan fingerprint density at radius 1 is 0.771 bits per heavy atom. The van der Waals surface area contributed by atoms with Gasteiger partial charge in [-0.15, -0.1) is 0 Å². The number of sulfonamides is 1. The summed E-state index contributed by atoms with van der Waals surface area (Å²) >= 11 is 0. The zero-order valence-corrected chi connectivity index (χ0v) is 28.8. The highest BCUT2D eigenvalue weighted by Gasteiger charge is 2.36. The molecule has 4 rings (SSSR count). The zero-order chi connectivity index (χ0) is 34.7. The molecule has 0 aliphatic heterocycles. The Balaban J connectivity index is 1.87.